The minimum Gasteiger partial charge on any atom is -0.497 e. The van der Waals surface area contributed by atoms with E-state index in [0.29, 0.717) is 63.7 Å². The molecule has 0 unspecified atom stereocenters. The molecule has 12 nitrogen and oxygen atoms in total. The molecule has 0 aromatic heterocycles. The van der Waals surface area contributed by atoms with Gasteiger partial charge < -0.3 is 34.9 Å². The SMILES string of the molecule is CCCCCCCC/C=C\CCCCCCCCOCCCN(CCCOCCCCCCCC/C=C\CCCCCCCC)C(=O)C[C@H](C(=O)NCCNC(=O)c1ccc(OC)cc1)N(CC1c2ccccc2-c2ccccc21)C(=O)O. The van der Waals surface area contributed by atoms with Crippen LogP contribution in [-0.2, 0) is 19.1 Å². The predicted molar refractivity (Wildman–Crippen MR) is 342 cm³/mol. The minimum atomic E-state index is -1.34. The van der Waals surface area contributed by atoms with E-state index in [1.165, 1.54) is 154 Å². The number of amides is 4. The van der Waals surface area contributed by atoms with Gasteiger partial charge in [-0.15, -0.1) is 0 Å². The molecular weight excluding hydrogens is 1040 g/mol. The zero-order valence-corrected chi connectivity index (χ0v) is 51.9. The maximum absolute atomic E-state index is 14.7. The normalized spacial score (nSPS) is 12.4. The summed E-state index contributed by atoms with van der Waals surface area (Å²) in [7, 11) is 1.56. The van der Waals surface area contributed by atoms with Crippen molar-refractivity contribution in [2.24, 2.45) is 0 Å². The average molecular weight is 1150 g/mol. The molecule has 1 aliphatic rings. The summed E-state index contributed by atoms with van der Waals surface area (Å²) in [6.45, 7) is 7.77. The van der Waals surface area contributed by atoms with Gasteiger partial charge in [0, 0.05) is 70.6 Å². The van der Waals surface area contributed by atoms with Gasteiger partial charge in [0.05, 0.1) is 13.5 Å². The van der Waals surface area contributed by atoms with Crippen LogP contribution in [0.5, 0.6) is 5.75 Å². The van der Waals surface area contributed by atoms with Crippen molar-refractivity contribution in [1.29, 1.82) is 0 Å². The van der Waals surface area contributed by atoms with Gasteiger partial charge in [0.1, 0.15) is 11.8 Å². The molecule has 3 N–H and O–H groups in total. The molecule has 0 saturated heterocycles. The second-order valence-corrected chi connectivity index (χ2v) is 22.8. The van der Waals surface area contributed by atoms with Gasteiger partial charge in [-0.05, 0) is 124 Å². The van der Waals surface area contributed by atoms with E-state index in [1.807, 2.05) is 48.5 Å². The highest BCUT2D eigenvalue weighted by Gasteiger charge is 2.38. The number of carboxylic acid groups (broad SMARTS) is 1. The molecule has 0 fully saturated rings. The lowest BCUT2D eigenvalue weighted by Gasteiger charge is -2.32. The quantitative estimate of drug-likeness (QED) is 0.0374. The van der Waals surface area contributed by atoms with Gasteiger partial charge in [0.15, 0.2) is 0 Å². The Bertz CT molecular complexity index is 2150. The summed E-state index contributed by atoms with van der Waals surface area (Å²) in [5.41, 5.74) is 4.44. The highest BCUT2D eigenvalue weighted by Crippen LogP contribution is 2.45. The van der Waals surface area contributed by atoms with E-state index in [0.717, 1.165) is 52.8 Å². The Labute approximate surface area is 502 Å². The van der Waals surface area contributed by atoms with Crippen LogP contribution < -0.4 is 15.4 Å². The van der Waals surface area contributed by atoms with Crippen molar-refractivity contribution in [2.45, 2.75) is 225 Å². The summed E-state index contributed by atoms with van der Waals surface area (Å²) < 4.78 is 17.4. The van der Waals surface area contributed by atoms with Gasteiger partial charge in [-0.2, -0.15) is 0 Å². The molecule has 1 aliphatic carbocycles. The molecule has 3 aromatic rings. The van der Waals surface area contributed by atoms with Crippen LogP contribution in [0.25, 0.3) is 11.1 Å². The number of carbonyl (C=O) groups excluding carboxylic acids is 3. The van der Waals surface area contributed by atoms with E-state index in [2.05, 4.69) is 48.8 Å². The fourth-order valence-electron chi connectivity index (χ4n) is 11.1. The number of hydrogen-bond donors (Lipinski definition) is 3. The van der Waals surface area contributed by atoms with Gasteiger partial charge in [0.2, 0.25) is 11.8 Å². The second kappa shape index (κ2) is 45.9. The van der Waals surface area contributed by atoms with E-state index in [-0.39, 0.29) is 43.8 Å². The summed E-state index contributed by atoms with van der Waals surface area (Å²) in [4.78, 5) is 58.5. The zero-order chi connectivity index (χ0) is 59.2. The lowest BCUT2D eigenvalue weighted by atomic mass is 9.95. The van der Waals surface area contributed by atoms with Crippen molar-refractivity contribution < 1.29 is 38.5 Å². The van der Waals surface area contributed by atoms with Crippen LogP contribution in [0.1, 0.15) is 240 Å². The number of ether oxygens (including phenoxy) is 3. The standard InChI is InChI=1S/C71H110N4O8/c1-4-6-8-10-12-14-16-18-20-22-24-26-28-30-32-38-54-82-56-40-52-74(53-41-57-83-55-39-33-31-29-27-25-23-21-19-17-15-13-11-9-7-5-2)68(76)58-67(70(78)73-51-50-72-69(77)60-46-48-61(81-3)49-47-60)75(71(79)80)59-66-64-44-36-34-42-62(64)63-43-35-37-45-65(63)66/h18-21,34-37,42-49,66-67H,4-17,22-33,38-41,50-59H2,1-3H3,(H,72,77)(H,73,78)(H,79,80)/b20-18-,21-19-/t67-/m1/s1. The topological polar surface area (TPSA) is 147 Å². The van der Waals surface area contributed by atoms with E-state index >= 15 is 0 Å². The molecule has 4 amide bonds. The van der Waals surface area contributed by atoms with Gasteiger partial charge in [-0.25, -0.2) is 4.79 Å². The third kappa shape index (κ3) is 29.8. The Morgan fingerprint density at radius 3 is 1.37 bits per heavy atom. The van der Waals surface area contributed by atoms with Crippen molar-refractivity contribution >= 4 is 23.8 Å². The average Bonchev–Trinajstić information content (AvgIpc) is 4.10. The number of rotatable bonds is 51. The van der Waals surface area contributed by atoms with Crippen LogP contribution >= 0.6 is 0 Å². The number of allylic oxidation sites excluding steroid dienone is 4. The van der Waals surface area contributed by atoms with E-state index < -0.39 is 18.0 Å². The highest BCUT2D eigenvalue weighted by molar-refractivity contribution is 5.94. The summed E-state index contributed by atoms with van der Waals surface area (Å²) in [5, 5.41) is 16.7. The number of nitrogens with zero attached hydrogens (tertiary/aromatic N) is 2. The molecule has 0 spiro atoms. The van der Waals surface area contributed by atoms with Crippen LogP contribution in [0, 0.1) is 0 Å². The molecule has 83 heavy (non-hydrogen) atoms. The fraction of sp³-hybridized carbons (Fsp3) is 0.634. The van der Waals surface area contributed by atoms with Gasteiger partial charge in [0.25, 0.3) is 5.91 Å². The summed E-state index contributed by atoms with van der Waals surface area (Å²) in [6.07, 6.45) is 44.1. The number of fused-ring (bicyclic) bond motifs is 3. The molecule has 0 aliphatic heterocycles. The van der Waals surface area contributed by atoms with Gasteiger partial charge in [-0.3, -0.25) is 19.3 Å². The molecule has 1 atom stereocenters. The number of nitrogens with one attached hydrogen (secondary N) is 2. The molecule has 462 valence electrons. The first-order chi connectivity index (χ1) is 40.8. The van der Waals surface area contributed by atoms with Crippen molar-refractivity contribution in [1.82, 2.24) is 20.4 Å². The number of hydrogen-bond acceptors (Lipinski definition) is 7. The third-order valence-corrected chi connectivity index (χ3v) is 16.1. The molecule has 12 heteroatoms. The van der Waals surface area contributed by atoms with Crippen LogP contribution in [0.3, 0.4) is 0 Å². The van der Waals surface area contributed by atoms with Crippen LogP contribution in [0.2, 0.25) is 0 Å². The molecule has 0 heterocycles. The number of benzene rings is 3. The maximum Gasteiger partial charge on any atom is 0.408 e. The second-order valence-electron chi connectivity index (χ2n) is 22.8. The maximum atomic E-state index is 14.7. The Morgan fingerprint density at radius 1 is 0.518 bits per heavy atom. The first-order valence-electron chi connectivity index (χ1n) is 32.9. The zero-order valence-electron chi connectivity index (χ0n) is 51.9. The van der Waals surface area contributed by atoms with Crippen LogP contribution in [-0.4, -0.2) is 111 Å². The van der Waals surface area contributed by atoms with E-state index in [4.69, 9.17) is 14.2 Å². The monoisotopic (exact) mass is 1150 g/mol. The molecule has 3 aromatic carbocycles. The Morgan fingerprint density at radius 2 is 0.928 bits per heavy atom. The summed E-state index contributed by atoms with van der Waals surface area (Å²) in [6, 6.07) is 21.3. The van der Waals surface area contributed by atoms with Crippen molar-refractivity contribution in [3.63, 3.8) is 0 Å². The van der Waals surface area contributed by atoms with Crippen molar-refractivity contribution in [3.05, 3.63) is 114 Å². The molecule has 0 saturated carbocycles. The van der Waals surface area contributed by atoms with E-state index in [1.54, 1.807) is 36.3 Å². The Hall–Kier alpha value is -5.46. The molecular formula is C71H110N4O8. The third-order valence-electron chi connectivity index (χ3n) is 16.1. The minimum absolute atomic E-state index is 0.0281. The van der Waals surface area contributed by atoms with Crippen molar-refractivity contribution in [3.8, 4) is 16.9 Å². The number of methoxy groups -OCH3 is 1. The molecule has 0 radical (unpaired) electrons. The lowest BCUT2D eigenvalue weighted by Crippen LogP contribution is -2.53. The van der Waals surface area contributed by atoms with Crippen molar-refractivity contribution in [2.75, 3.05) is 66.3 Å². The Kier molecular flexibility index (Phi) is 38.7. The van der Waals surface area contributed by atoms with Gasteiger partial charge >= 0.3 is 6.09 Å². The predicted octanol–water partition coefficient (Wildman–Crippen LogP) is 16.8. The number of carbonyl (C=O) groups is 4. The summed E-state index contributed by atoms with van der Waals surface area (Å²) >= 11 is 0. The lowest BCUT2D eigenvalue weighted by molar-refractivity contribution is -0.137. The van der Waals surface area contributed by atoms with Gasteiger partial charge in [-0.1, -0.05) is 202 Å². The first kappa shape index (κ1) is 70.0. The summed E-state index contributed by atoms with van der Waals surface area (Å²) in [5.74, 6) is -0.957. The smallest absolute Gasteiger partial charge is 0.408 e. The van der Waals surface area contributed by atoms with E-state index in [9.17, 15) is 24.3 Å². The largest absolute Gasteiger partial charge is 0.497 e. The highest BCUT2D eigenvalue weighted by atomic mass is 16.5. The molecule has 0 bridgehead atoms. The first-order valence-corrected chi connectivity index (χ1v) is 32.9. The van der Waals surface area contributed by atoms with Crippen LogP contribution in [0.15, 0.2) is 97.1 Å². The number of unbranched alkanes of at least 4 members (excludes halogenated alkanes) is 24. The fourth-order valence-corrected chi connectivity index (χ4v) is 11.1. The van der Waals surface area contributed by atoms with Crippen LogP contribution in [0.4, 0.5) is 4.79 Å². The Balaban J connectivity index is 1.30. The molecule has 4 rings (SSSR count).